The van der Waals surface area contributed by atoms with Crippen LogP contribution < -0.4 is 10.9 Å². The maximum absolute atomic E-state index is 12.3. The van der Waals surface area contributed by atoms with Crippen molar-refractivity contribution in [2.24, 2.45) is 0 Å². The molecule has 0 aliphatic carbocycles. The summed E-state index contributed by atoms with van der Waals surface area (Å²) in [4.78, 5) is 18.3. The fraction of sp³-hybridized carbons (Fsp3) is 0.190. The lowest BCUT2D eigenvalue weighted by Crippen LogP contribution is -2.20. The van der Waals surface area contributed by atoms with E-state index in [1.807, 2.05) is 24.4 Å². The van der Waals surface area contributed by atoms with Crippen molar-refractivity contribution < 1.29 is 0 Å². The maximum atomic E-state index is 12.3. The molecular formula is C21H20ClN5O. The lowest BCUT2D eigenvalue weighted by Gasteiger charge is -2.06. The molecule has 0 saturated heterocycles. The van der Waals surface area contributed by atoms with Crippen molar-refractivity contribution in [3.05, 3.63) is 86.4 Å². The van der Waals surface area contributed by atoms with Gasteiger partial charge in [0, 0.05) is 35.1 Å². The number of hydrogen-bond donors (Lipinski definition) is 3. The van der Waals surface area contributed by atoms with Crippen molar-refractivity contribution in [3.63, 3.8) is 0 Å². The highest BCUT2D eigenvalue weighted by molar-refractivity contribution is 6.31. The minimum atomic E-state index is -0.264. The molecule has 2 aromatic carbocycles. The zero-order chi connectivity index (χ0) is 19.5. The second kappa shape index (κ2) is 7.86. The molecule has 0 bridgehead atoms. The van der Waals surface area contributed by atoms with Gasteiger partial charge in [-0.05, 0) is 42.7 Å². The molecule has 0 unspecified atom stereocenters. The highest BCUT2D eigenvalue weighted by Crippen LogP contribution is 2.20. The fourth-order valence-corrected chi connectivity index (χ4v) is 3.39. The summed E-state index contributed by atoms with van der Waals surface area (Å²) in [5.41, 5.74) is 4.49. The van der Waals surface area contributed by atoms with E-state index in [2.05, 4.69) is 50.6 Å². The summed E-state index contributed by atoms with van der Waals surface area (Å²) in [6.07, 6.45) is 3.17. The van der Waals surface area contributed by atoms with Gasteiger partial charge in [0.15, 0.2) is 0 Å². The van der Waals surface area contributed by atoms with E-state index in [0.29, 0.717) is 29.6 Å². The van der Waals surface area contributed by atoms with E-state index in [9.17, 15) is 4.79 Å². The number of hydrogen-bond acceptors (Lipinski definition) is 4. The summed E-state index contributed by atoms with van der Waals surface area (Å²) >= 11 is 6.15. The van der Waals surface area contributed by atoms with Gasteiger partial charge in [-0.1, -0.05) is 41.4 Å². The third kappa shape index (κ3) is 3.92. The van der Waals surface area contributed by atoms with E-state index < -0.39 is 0 Å². The number of fused-ring (bicyclic) bond motifs is 1. The van der Waals surface area contributed by atoms with E-state index in [-0.39, 0.29) is 5.56 Å². The highest BCUT2D eigenvalue weighted by Gasteiger charge is 2.09. The first-order valence-corrected chi connectivity index (χ1v) is 9.48. The molecule has 0 radical (unpaired) electrons. The lowest BCUT2D eigenvalue weighted by molar-refractivity contribution is 0.855. The standard InChI is InChI=1S/C21H20ClN5O/c1-13-6-7-18-16(10-13)15(12-24-18)8-9-23-21-25-20(28)19(26-27-21)11-14-4-2-3-5-17(14)22/h2-7,10,12,24H,8-9,11H2,1H3,(H2,23,25,27,28). The minimum Gasteiger partial charge on any atom is -0.361 e. The number of nitrogens with zero attached hydrogens (tertiary/aromatic N) is 2. The molecule has 28 heavy (non-hydrogen) atoms. The molecule has 2 heterocycles. The van der Waals surface area contributed by atoms with Gasteiger partial charge in [0.2, 0.25) is 5.95 Å². The molecule has 7 heteroatoms. The molecule has 0 atom stereocenters. The molecule has 3 N–H and O–H groups in total. The van der Waals surface area contributed by atoms with E-state index in [1.54, 1.807) is 6.07 Å². The predicted octanol–water partition coefficient (Wildman–Crippen LogP) is 3.85. The van der Waals surface area contributed by atoms with Gasteiger partial charge in [-0.2, -0.15) is 0 Å². The van der Waals surface area contributed by atoms with Crippen LogP contribution in [-0.2, 0) is 12.8 Å². The number of benzene rings is 2. The Bertz CT molecular complexity index is 1180. The van der Waals surface area contributed by atoms with Crippen LogP contribution >= 0.6 is 11.6 Å². The maximum Gasteiger partial charge on any atom is 0.274 e. The Morgan fingerprint density at radius 3 is 2.79 bits per heavy atom. The molecule has 0 amide bonds. The van der Waals surface area contributed by atoms with Gasteiger partial charge < -0.3 is 10.3 Å². The van der Waals surface area contributed by atoms with Crippen LogP contribution in [0.2, 0.25) is 5.02 Å². The number of H-pyrrole nitrogens is 2. The molecule has 142 valence electrons. The van der Waals surface area contributed by atoms with Crippen LogP contribution in [-0.4, -0.2) is 26.7 Å². The number of nitrogens with one attached hydrogen (secondary N) is 3. The van der Waals surface area contributed by atoms with E-state index in [4.69, 9.17) is 11.6 Å². The Hall–Kier alpha value is -3.12. The van der Waals surface area contributed by atoms with Gasteiger partial charge in [-0.15, -0.1) is 10.2 Å². The van der Waals surface area contributed by atoms with Crippen LogP contribution in [0.3, 0.4) is 0 Å². The monoisotopic (exact) mass is 393 g/mol. The Labute approximate surface area is 167 Å². The molecule has 0 saturated carbocycles. The van der Waals surface area contributed by atoms with Crippen LogP contribution in [0.4, 0.5) is 5.95 Å². The predicted molar refractivity (Wildman–Crippen MR) is 112 cm³/mol. The summed E-state index contributed by atoms with van der Waals surface area (Å²) < 4.78 is 0. The second-order valence-electron chi connectivity index (χ2n) is 6.76. The summed E-state index contributed by atoms with van der Waals surface area (Å²) in [6, 6.07) is 13.7. The second-order valence-corrected chi connectivity index (χ2v) is 7.16. The molecule has 6 nitrogen and oxygen atoms in total. The Morgan fingerprint density at radius 1 is 1.11 bits per heavy atom. The third-order valence-electron chi connectivity index (χ3n) is 4.69. The SMILES string of the molecule is Cc1ccc2[nH]cc(CCNc3nnc(Cc4ccccc4Cl)c(=O)[nH]3)c2c1. The molecule has 4 aromatic rings. The van der Waals surface area contributed by atoms with Gasteiger partial charge in [0.25, 0.3) is 5.56 Å². The average molecular weight is 394 g/mol. The Kier molecular flexibility index (Phi) is 5.12. The largest absolute Gasteiger partial charge is 0.361 e. The van der Waals surface area contributed by atoms with Crippen molar-refractivity contribution in [1.29, 1.82) is 0 Å². The zero-order valence-electron chi connectivity index (χ0n) is 15.4. The minimum absolute atomic E-state index is 0.264. The molecule has 4 rings (SSSR count). The summed E-state index contributed by atoms with van der Waals surface area (Å²) in [5, 5.41) is 13.1. The first-order chi connectivity index (χ1) is 13.6. The van der Waals surface area contributed by atoms with Crippen LogP contribution in [0.1, 0.15) is 22.4 Å². The van der Waals surface area contributed by atoms with Crippen molar-refractivity contribution in [3.8, 4) is 0 Å². The van der Waals surface area contributed by atoms with E-state index in [0.717, 1.165) is 17.5 Å². The number of rotatable bonds is 6. The first-order valence-electron chi connectivity index (χ1n) is 9.10. The molecule has 0 aliphatic heterocycles. The van der Waals surface area contributed by atoms with Crippen LogP contribution in [0.15, 0.2) is 53.5 Å². The first kappa shape index (κ1) is 18.3. The van der Waals surface area contributed by atoms with Gasteiger partial charge in [-0.3, -0.25) is 9.78 Å². The van der Waals surface area contributed by atoms with Gasteiger partial charge in [0.1, 0.15) is 5.69 Å². The van der Waals surface area contributed by atoms with Crippen LogP contribution in [0, 0.1) is 6.92 Å². The van der Waals surface area contributed by atoms with Gasteiger partial charge >= 0.3 is 0 Å². The smallest absolute Gasteiger partial charge is 0.274 e. The molecule has 0 spiro atoms. The Morgan fingerprint density at radius 2 is 1.96 bits per heavy atom. The third-order valence-corrected chi connectivity index (χ3v) is 5.06. The highest BCUT2D eigenvalue weighted by atomic mass is 35.5. The number of halogens is 1. The van der Waals surface area contributed by atoms with Crippen molar-refractivity contribution in [2.45, 2.75) is 19.8 Å². The molecular weight excluding hydrogens is 374 g/mol. The van der Waals surface area contributed by atoms with Crippen LogP contribution in [0.25, 0.3) is 10.9 Å². The normalized spacial score (nSPS) is 11.1. The van der Waals surface area contributed by atoms with Crippen LogP contribution in [0.5, 0.6) is 0 Å². The van der Waals surface area contributed by atoms with Crippen molar-refractivity contribution in [1.82, 2.24) is 20.2 Å². The molecule has 0 aliphatic rings. The zero-order valence-corrected chi connectivity index (χ0v) is 16.2. The summed E-state index contributed by atoms with van der Waals surface area (Å²) in [6.45, 7) is 2.72. The summed E-state index contributed by atoms with van der Waals surface area (Å²) in [5.74, 6) is 0.365. The lowest BCUT2D eigenvalue weighted by atomic mass is 10.1. The number of aryl methyl sites for hydroxylation is 1. The number of aromatic amines is 2. The van der Waals surface area contributed by atoms with Crippen molar-refractivity contribution >= 4 is 28.5 Å². The molecule has 2 aromatic heterocycles. The van der Waals surface area contributed by atoms with E-state index in [1.165, 1.54) is 16.5 Å². The van der Waals surface area contributed by atoms with Gasteiger partial charge in [-0.25, -0.2) is 0 Å². The fourth-order valence-electron chi connectivity index (χ4n) is 3.19. The Balaban J connectivity index is 1.41. The molecule has 0 fully saturated rings. The van der Waals surface area contributed by atoms with Crippen molar-refractivity contribution in [2.75, 3.05) is 11.9 Å². The number of aromatic nitrogens is 4. The van der Waals surface area contributed by atoms with E-state index >= 15 is 0 Å². The van der Waals surface area contributed by atoms with Gasteiger partial charge in [0.05, 0.1) is 0 Å². The summed E-state index contributed by atoms with van der Waals surface area (Å²) in [7, 11) is 0. The quantitative estimate of drug-likeness (QED) is 0.464. The topological polar surface area (TPSA) is 86.5 Å². The average Bonchev–Trinajstić information content (AvgIpc) is 3.08. The number of anilines is 1.